The van der Waals surface area contributed by atoms with Crippen LogP contribution in [-0.4, -0.2) is 34.1 Å². The van der Waals surface area contributed by atoms with Crippen molar-refractivity contribution in [1.29, 1.82) is 0 Å². The van der Waals surface area contributed by atoms with E-state index in [1.165, 1.54) is 6.08 Å². The summed E-state index contributed by atoms with van der Waals surface area (Å²) in [5.41, 5.74) is 1.04. The Morgan fingerprint density at radius 2 is 2.25 bits per heavy atom. The summed E-state index contributed by atoms with van der Waals surface area (Å²) in [6, 6.07) is 3.91. The molecule has 1 amide bonds. The second-order valence-corrected chi connectivity index (χ2v) is 3.95. The van der Waals surface area contributed by atoms with E-state index in [9.17, 15) is 4.79 Å². The number of likely N-dealkylation sites (tertiary alicyclic amines) is 1. The Labute approximate surface area is 95.0 Å². The van der Waals surface area contributed by atoms with Crippen LogP contribution in [0.4, 0.5) is 0 Å². The third-order valence-electron chi connectivity index (χ3n) is 2.99. The molecule has 1 saturated heterocycles. The van der Waals surface area contributed by atoms with Gasteiger partial charge in [0.1, 0.15) is 0 Å². The molecule has 1 fully saturated rings. The predicted molar refractivity (Wildman–Crippen MR) is 60.8 cm³/mol. The Kier molecular flexibility index (Phi) is 3.29. The van der Waals surface area contributed by atoms with Crippen LogP contribution in [0.1, 0.15) is 24.5 Å². The Balaban J connectivity index is 1.95. The lowest BCUT2D eigenvalue weighted by atomic mass is 9.93. The molecule has 4 heteroatoms. The van der Waals surface area contributed by atoms with Crippen molar-refractivity contribution < 1.29 is 4.79 Å². The molecule has 0 N–H and O–H groups in total. The molecule has 1 aliphatic rings. The third-order valence-corrected chi connectivity index (χ3v) is 2.99. The van der Waals surface area contributed by atoms with Gasteiger partial charge in [-0.1, -0.05) is 6.58 Å². The van der Waals surface area contributed by atoms with Crippen LogP contribution in [0.15, 0.2) is 31.0 Å². The van der Waals surface area contributed by atoms with Crippen LogP contribution < -0.4 is 0 Å². The quantitative estimate of drug-likeness (QED) is 0.703. The fraction of sp³-hybridized carbons (Fsp3) is 0.417. The van der Waals surface area contributed by atoms with Gasteiger partial charge in [-0.2, -0.15) is 10.2 Å². The molecular formula is C12H15N3O. The van der Waals surface area contributed by atoms with Gasteiger partial charge in [0.05, 0.1) is 5.69 Å². The summed E-state index contributed by atoms with van der Waals surface area (Å²) in [6.45, 7) is 5.07. The van der Waals surface area contributed by atoms with Crippen LogP contribution in [0.3, 0.4) is 0 Å². The van der Waals surface area contributed by atoms with Gasteiger partial charge in [-0.15, -0.1) is 0 Å². The summed E-state index contributed by atoms with van der Waals surface area (Å²) < 4.78 is 0. The van der Waals surface area contributed by atoms with Gasteiger partial charge in [-0.25, -0.2) is 0 Å². The fourth-order valence-corrected chi connectivity index (χ4v) is 2.06. The molecule has 1 aromatic rings. The highest BCUT2D eigenvalue weighted by molar-refractivity contribution is 5.87. The van der Waals surface area contributed by atoms with Gasteiger partial charge in [0, 0.05) is 25.2 Å². The largest absolute Gasteiger partial charge is 0.339 e. The summed E-state index contributed by atoms with van der Waals surface area (Å²) in [7, 11) is 0. The average molecular weight is 217 g/mol. The number of amides is 1. The van der Waals surface area contributed by atoms with Crippen LogP contribution in [0.25, 0.3) is 0 Å². The molecule has 0 spiro atoms. The molecule has 1 aromatic heterocycles. The van der Waals surface area contributed by atoms with Crippen molar-refractivity contribution in [2.75, 3.05) is 13.1 Å². The van der Waals surface area contributed by atoms with E-state index in [1.54, 1.807) is 6.20 Å². The minimum absolute atomic E-state index is 0.0256. The van der Waals surface area contributed by atoms with E-state index in [-0.39, 0.29) is 5.91 Å². The SMILES string of the molecule is C=CC(=O)N1CCC(c2cccnn2)CC1. The molecule has 2 heterocycles. The maximum absolute atomic E-state index is 11.4. The molecule has 0 saturated carbocycles. The second-order valence-electron chi connectivity index (χ2n) is 3.95. The molecule has 1 aliphatic heterocycles. The number of carbonyl (C=O) groups is 1. The summed E-state index contributed by atoms with van der Waals surface area (Å²) in [5, 5.41) is 8.00. The maximum atomic E-state index is 11.4. The van der Waals surface area contributed by atoms with Gasteiger partial charge < -0.3 is 4.90 Å². The van der Waals surface area contributed by atoms with Crippen molar-refractivity contribution in [2.24, 2.45) is 0 Å². The average Bonchev–Trinajstić information content (AvgIpc) is 2.39. The highest BCUT2D eigenvalue weighted by Crippen LogP contribution is 2.25. The van der Waals surface area contributed by atoms with Gasteiger partial charge in [0.15, 0.2) is 0 Å². The number of nitrogens with zero attached hydrogens (tertiary/aromatic N) is 3. The number of aromatic nitrogens is 2. The van der Waals surface area contributed by atoms with Gasteiger partial charge in [0.2, 0.25) is 5.91 Å². The fourth-order valence-electron chi connectivity index (χ4n) is 2.06. The van der Waals surface area contributed by atoms with Crippen LogP contribution in [0.2, 0.25) is 0 Å². The Bertz CT molecular complexity index is 369. The van der Waals surface area contributed by atoms with E-state index >= 15 is 0 Å². The zero-order chi connectivity index (χ0) is 11.4. The summed E-state index contributed by atoms with van der Waals surface area (Å²) >= 11 is 0. The first-order valence-corrected chi connectivity index (χ1v) is 5.50. The number of carbonyl (C=O) groups excluding carboxylic acids is 1. The van der Waals surface area contributed by atoms with Gasteiger partial charge in [-0.05, 0) is 31.1 Å². The first-order valence-electron chi connectivity index (χ1n) is 5.50. The molecule has 84 valence electrons. The van der Waals surface area contributed by atoms with E-state index in [4.69, 9.17) is 0 Å². The van der Waals surface area contributed by atoms with Gasteiger partial charge >= 0.3 is 0 Å². The smallest absolute Gasteiger partial charge is 0.245 e. The molecule has 0 unspecified atom stereocenters. The Morgan fingerprint density at radius 3 is 2.81 bits per heavy atom. The molecule has 0 bridgehead atoms. The minimum Gasteiger partial charge on any atom is -0.339 e. The highest BCUT2D eigenvalue weighted by atomic mass is 16.2. The molecule has 0 aromatic carbocycles. The Morgan fingerprint density at radius 1 is 1.50 bits per heavy atom. The van der Waals surface area contributed by atoms with Crippen molar-refractivity contribution in [3.8, 4) is 0 Å². The molecule has 2 rings (SSSR count). The van der Waals surface area contributed by atoms with Crippen LogP contribution in [-0.2, 0) is 4.79 Å². The molecule has 0 radical (unpaired) electrons. The van der Waals surface area contributed by atoms with Gasteiger partial charge in [0.25, 0.3) is 0 Å². The number of hydrogen-bond donors (Lipinski definition) is 0. The Hall–Kier alpha value is -1.71. The molecule has 4 nitrogen and oxygen atoms in total. The first-order chi connectivity index (χ1) is 7.81. The monoisotopic (exact) mass is 217 g/mol. The number of piperidine rings is 1. The van der Waals surface area contributed by atoms with E-state index in [2.05, 4.69) is 16.8 Å². The van der Waals surface area contributed by atoms with Crippen molar-refractivity contribution >= 4 is 5.91 Å². The van der Waals surface area contributed by atoms with E-state index in [0.717, 1.165) is 31.6 Å². The standard InChI is InChI=1S/C12H15N3O/c1-2-12(16)15-8-5-10(6-9-15)11-4-3-7-13-14-11/h2-4,7,10H,1,5-6,8-9H2. The predicted octanol–water partition coefficient (Wildman–Crippen LogP) is 1.37. The van der Waals surface area contributed by atoms with Crippen molar-refractivity contribution in [2.45, 2.75) is 18.8 Å². The summed E-state index contributed by atoms with van der Waals surface area (Å²) in [6.07, 6.45) is 4.97. The van der Waals surface area contributed by atoms with Crippen LogP contribution in [0, 0.1) is 0 Å². The second kappa shape index (κ2) is 4.88. The van der Waals surface area contributed by atoms with Crippen LogP contribution in [0.5, 0.6) is 0 Å². The third kappa shape index (κ3) is 2.27. The lowest BCUT2D eigenvalue weighted by Crippen LogP contribution is -2.36. The zero-order valence-corrected chi connectivity index (χ0v) is 9.17. The molecule has 0 aliphatic carbocycles. The highest BCUT2D eigenvalue weighted by Gasteiger charge is 2.23. The van der Waals surface area contributed by atoms with E-state index in [1.807, 2.05) is 17.0 Å². The topological polar surface area (TPSA) is 46.1 Å². The lowest BCUT2D eigenvalue weighted by molar-refractivity contribution is -0.127. The van der Waals surface area contributed by atoms with Crippen molar-refractivity contribution in [3.05, 3.63) is 36.7 Å². The lowest BCUT2D eigenvalue weighted by Gasteiger charge is -2.30. The zero-order valence-electron chi connectivity index (χ0n) is 9.17. The van der Waals surface area contributed by atoms with Gasteiger partial charge in [-0.3, -0.25) is 4.79 Å². The normalized spacial score (nSPS) is 17.1. The number of hydrogen-bond acceptors (Lipinski definition) is 3. The van der Waals surface area contributed by atoms with Crippen molar-refractivity contribution in [3.63, 3.8) is 0 Å². The van der Waals surface area contributed by atoms with Crippen LogP contribution >= 0.6 is 0 Å². The van der Waals surface area contributed by atoms with E-state index < -0.39 is 0 Å². The maximum Gasteiger partial charge on any atom is 0.245 e. The molecular weight excluding hydrogens is 202 g/mol. The summed E-state index contributed by atoms with van der Waals surface area (Å²) in [4.78, 5) is 13.2. The first kappa shape index (κ1) is 10.8. The van der Waals surface area contributed by atoms with Crippen molar-refractivity contribution in [1.82, 2.24) is 15.1 Å². The van der Waals surface area contributed by atoms with E-state index in [0.29, 0.717) is 5.92 Å². The minimum atomic E-state index is 0.0256. The molecule has 16 heavy (non-hydrogen) atoms. The molecule has 0 atom stereocenters. The number of rotatable bonds is 2. The summed E-state index contributed by atoms with van der Waals surface area (Å²) in [5.74, 6) is 0.458.